The van der Waals surface area contributed by atoms with Gasteiger partial charge >= 0.3 is 0 Å². The Balaban J connectivity index is 0.974. The molecule has 0 unspecified atom stereocenters. The second kappa shape index (κ2) is 14.0. The molecule has 0 fully saturated rings. The highest BCUT2D eigenvalue weighted by Gasteiger charge is 2.52. The number of anilines is 6. The van der Waals surface area contributed by atoms with Crippen LogP contribution in [0.5, 0.6) is 0 Å². The van der Waals surface area contributed by atoms with Crippen LogP contribution in [0.2, 0.25) is 0 Å². The lowest BCUT2D eigenvalue weighted by Gasteiger charge is -2.35. The number of hydrogen-bond acceptors (Lipinski definition) is 2. The van der Waals surface area contributed by atoms with Gasteiger partial charge in [0.05, 0.1) is 27.8 Å². The summed E-state index contributed by atoms with van der Waals surface area (Å²) in [4.78, 5) is 4.95. The maximum Gasteiger partial charge on any atom is 0.0727 e. The molecule has 0 N–H and O–H groups in total. The van der Waals surface area contributed by atoms with Crippen LogP contribution in [0, 0.1) is 0 Å². The van der Waals surface area contributed by atoms with Crippen molar-refractivity contribution in [2.24, 2.45) is 0 Å². The van der Waals surface area contributed by atoms with Gasteiger partial charge in [-0.1, -0.05) is 164 Å². The molecule has 11 aromatic carbocycles. The molecular weight excluding hydrogens is 823 g/mol. The molecule has 3 aliphatic rings. The molecule has 0 saturated heterocycles. The van der Waals surface area contributed by atoms with Gasteiger partial charge in [0.1, 0.15) is 0 Å². The molecule has 0 saturated carbocycles. The lowest BCUT2D eigenvalue weighted by molar-refractivity contribution is 0.793. The van der Waals surface area contributed by atoms with Crippen LogP contribution < -0.4 is 9.80 Å². The van der Waals surface area contributed by atoms with Crippen LogP contribution >= 0.6 is 0 Å². The van der Waals surface area contributed by atoms with E-state index in [9.17, 15) is 0 Å². The Bertz CT molecular complexity index is 4000. The largest absolute Gasteiger partial charge is 0.310 e. The van der Waals surface area contributed by atoms with E-state index in [0.717, 1.165) is 28.4 Å². The van der Waals surface area contributed by atoms with E-state index < -0.39 is 5.41 Å². The van der Waals surface area contributed by atoms with Crippen molar-refractivity contribution < 1.29 is 0 Å². The molecule has 2 heterocycles. The lowest BCUT2D eigenvalue weighted by atomic mass is 9.70. The summed E-state index contributed by atoms with van der Waals surface area (Å²) in [5.41, 5.74) is 22.8. The Kier molecular flexibility index (Phi) is 7.71. The van der Waals surface area contributed by atoms with Gasteiger partial charge in [0.25, 0.3) is 0 Å². The van der Waals surface area contributed by atoms with E-state index in [-0.39, 0.29) is 0 Å². The molecule has 316 valence electrons. The highest BCUT2D eigenvalue weighted by atomic mass is 15.2. The zero-order valence-electron chi connectivity index (χ0n) is 37.0. The first kappa shape index (κ1) is 37.3. The number of nitrogens with zero attached hydrogens (tertiary/aromatic N) is 3. The maximum absolute atomic E-state index is 2.52. The second-order valence-corrected chi connectivity index (χ2v) is 18.4. The van der Waals surface area contributed by atoms with Crippen LogP contribution in [0.4, 0.5) is 34.1 Å². The summed E-state index contributed by atoms with van der Waals surface area (Å²) in [7, 11) is 0. The zero-order valence-corrected chi connectivity index (χ0v) is 37.0. The van der Waals surface area contributed by atoms with Crippen LogP contribution in [0.25, 0.3) is 71.6 Å². The van der Waals surface area contributed by atoms with Crippen LogP contribution in [0.15, 0.2) is 249 Å². The highest BCUT2D eigenvalue weighted by Crippen LogP contribution is 2.64. The number of aromatic nitrogens is 1. The van der Waals surface area contributed by atoms with Gasteiger partial charge in [-0.15, -0.1) is 0 Å². The van der Waals surface area contributed by atoms with Gasteiger partial charge in [-0.25, -0.2) is 0 Å². The molecule has 1 spiro atoms. The van der Waals surface area contributed by atoms with E-state index in [4.69, 9.17) is 0 Å². The van der Waals surface area contributed by atoms with E-state index in [2.05, 4.69) is 263 Å². The fourth-order valence-corrected chi connectivity index (χ4v) is 12.4. The molecule has 15 rings (SSSR count). The zero-order chi connectivity index (χ0) is 44.5. The molecule has 1 aromatic heterocycles. The molecule has 1 aliphatic heterocycles. The van der Waals surface area contributed by atoms with Crippen molar-refractivity contribution in [2.45, 2.75) is 5.41 Å². The Morgan fingerprint density at radius 1 is 0.309 bits per heavy atom. The quantitative estimate of drug-likeness (QED) is 0.171. The predicted octanol–water partition coefficient (Wildman–Crippen LogP) is 17.2. The van der Waals surface area contributed by atoms with Gasteiger partial charge in [-0.2, -0.15) is 0 Å². The standard InChI is InChI=1S/C65H41N3/c1-3-19-43(20-4-1)66(45-35-38-62-55(39-45)53-26-10-14-31-61(53)67(62)44-21-5-2-6-22-44)46-33-36-50-51-37-34-47(68-60-30-13-9-25-52(60)54-27-15-17-42-18-16-32-63(68)64(42)54)41-59(51)65(58(50)40-46)56-28-11-7-23-48(56)49-24-8-12-29-57(49)65/h1-41H. The third kappa shape index (κ3) is 4.97. The van der Waals surface area contributed by atoms with E-state index >= 15 is 0 Å². The normalized spacial score (nSPS) is 13.4. The summed E-state index contributed by atoms with van der Waals surface area (Å²) in [5, 5.41) is 4.99. The molecule has 0 bridgehead atoms. The molecule has 0 atom stereocenters. The average Bonchev–Trinajstić information content (AvgIpc) is 4.01. The minimum atomic E-state index is -0.571. The van der Waals surface area contributed by atoms with E-state index in [1.165, 1.54) is 99.6 Å². The molecule has 3 nitrogen and oxygen atoms in total. The van der Waals surface area contributed by atoms with Gasteiger partial charge < -0.3 is 14.4 Å². The smallest absolute Gasteiger partial charge is 0.0727 e. The number of hydrogen-bond donors (Lipinski definition) is 0. The summed E-state index contributed by atoms with van der Waals surface area (Å²) in [6.45, 7) is 0. The van der Waals surface area contributed by atoms with Crippen molar-refractivity contribution in [2.75, 3.05) is 9.80 Å². The SMILES string of the molecule is c1ccc(N(c2ccc3c(c2)C2(c4ccccc4-c4ccccc42)c2cc(N4c5ccccc5-c5cccc6cccc4c56)ccc2-3)c2ccc3c(c2)c2ccccc2n3-c2ccccc2)cc1. The first-order chi connectivity index (χ1) is 33.8. The average molecular weight is 864 g/mol. The number of rotatable bonds is 5. The molecule has 0 amide bonds. The van der Waals surface area contributed by atoms with Crippen molar-refractivity contribution >= 4 is 66.7 Å². The van der Waals surface area contributed by atoms with Crippen LogP contribution in [-0.2, 0) is 5.41 Å². The Hall–Kier alpha value is -8.92. The second-order valence-electron chi connectivity index (χ2n) is 18.4. The van der Waals surface area contributed by atoms with E-state index in [0.29, 0.717) is 0 Å². The Labute approximate surface area is 394 Å². The number of benzene rings is 11. The van der Waals surface area contributed by atoms with Gasteiger partial charge in [-0.05, 0) is 140 Å². The van der Waals surface area contributed by atoms with Crippen LogP contribution in [0.1, 0.15) is 22.3 Å². The number of para-hydroxylation sites is 4. The van der Waals surface area contributed by atoms with E-state index in [1.54, 1.807) is 0 Å². The topological polar surface area (TPSA) is 11.4 Å². The van der Waals surface area contributed by atoms with Crippen molar-refractivity contribution in [1.29, 1.82) is 0 Å². The third-order valence-corrected chi connectivity index (χ3v) is 15.1. The first-order valence-electron chi connectivity index (χ1n) is 23.6. The van der Waals surface area contributed by atoms with Gasteiger partial charge in [0.2, 0.25) is 0 Å². The minimum absolute atomic E-state index is 0.571. The first-order valence-corrected chi connectivity index (χ1v) is 23.6. The van der Waals surface area contributed by atoms with Crippen LogP contribution in [0.3, 0.4) is 0 Å². The van der Waals surface area contributed by atoms with Gasteiger partial charge in [-0.3, -0.25) is 0 Å². The van der Waals surface area contributed by atoms with Gasteiger partial charge in [0.15, 0.2) is 0 Å². The van der Waals surface area contributed by atoms with Crippen LogP contribution in [-0.4, -0.2) is 4.57 Å². The molecule has 12 aromatic rings. The Morgan fingerprint density at radius 2 is 0.868 bits per heavy atom. The third-order valence-electron chi connectivity index (χ3n) is 15.1. The summed E-state index contributed by atoms with van der Waals surface area (Å²) in [5.74, 6) is 0. The van der Waals surface area contributed by atoms with Crippen molar-refractivity contribution in [3.63, 3.8) is 0 Å². The van der Waals surface area contributed by atoms with Crippen molar-refractivity contribution in [3.05, 3.63) is 271 Å². The molecule has 3 heteroatoms. The molecule has 0 radical (unpaired) electrons. The molecule has 2 aliphatic carbocycles. The summed E-state index contributed by atoms with van der Waals surface area (Å²) >= 11 is 0. The molecule has 68 heavy (non-hydrogen) atoms. The maximum atomic E-state index is 2.52. The van der Waals surface area contributed by atoms with E-state index in [1.807, 2.05) is 0 Å². The monoisotopic (exact) mass is 863 g/mol. The van der Waals surface area contributed by atoms with Crippen molar-refractivity contribution in [1.82, 2.24) is 4.57 Å². The summed E-state index contributed by atoms with van der Waals surface area (Å²) in [6.07, 6.45) is 0. The number of fused-ring (bicyclic) bond motifs is 15. The lowest BCUT2D eigenvalue weighted by Crippen LogP contribution is -2.26. The fourth-order valence-electron chi connectivity index (χ4n) is 12.4. The summed E-state index contributed by atoms with van der Waals surface area (Å²) < 4.78 is 2.39. The minimum Gasteiger partial charge on any atom is -0.310 e. The predicted molar refractivity (Wildman–Crippen MR) is 283 cm³/mol. The van der Waals surface area contributed by atoms with Gasteiger partial charge in [0, 0.05) is 50.2 Å². The van der Waals surface area contributed by atoms with Crippen molar-refractivity contribution in [3.8, 4) is 39.1 Å². The highest BCUT2D eigenvalue weighted by molar-refractivity contribution is 6.14. The fraction of sp³-hybridized carbons (Fsp3) is 0.0154. The molecular formula is C65H41N3. The Morgan fingerprint density at radius 3 is 1.66 bits per heavy atom. The summed E-state index contributed by atoms with van der Waals surface area (Å²) in [6, 6.07) is 92.5.